The molecule has 0 heterocycles. The molecule has 0 saturated heterocycles. The predicted molar refractivity (Wildman–Crippen MR) is 84.1 cm³/mol. The Hall–Kier alpha value is -2.01. The van der Waals surface area contributed by atoms with E-state index in [-0.39, 0.29) is 4.90 Å². The molecule has 2 aromatic carbocycles. The molecule has 4 nitrogen and oxygen atoms in total. The van der Waals surface area contributed by atoms with Crippen molar-refractivity contribution in [2.24, 2.45) is 0 Å². The second-order valence-corrected chi connectivity index (χ2v) is 6.33. The van der Waals surface area contributed by atoms with Gasteiger partial charge in [-0.05, 0) is 42.8 Å². The number of para-hydroxylation sites is 1. The maximum absolute atomic E-state index is 12.2. The molecule has 0 aliphatic heterocycles. The Morgan fingerprint density at radius 2 is 1.67 bits per heavy atom. The zero-order chi connectivity index (χ0) is 15.1. The average molecular weight is 305 g/mol. The molecule has 0 spiro atoms. The maximum atomic E-state index is 12.2. The van der Waals surface area contributed by atoms with E-state index in [1.165, 1.54) is 0 Å². The number of rotatable bonds is 7. The van der Waals surface area contributed by atoms with Gasteiger partial charge in [0.2, 0.25) is 0 Å². The van der Waals surface area contributed by atoms with Gasteiger partial charge in [-0.3, -0.25) is 4.72 Å². The smallest absolute Gasteiger partial charge is 0.261 e. The third-order valence-electron chi connectivity index (χ3n) is 2.93. The van der Waals surface area contributed by atoms with Crippen LogP contribution in [-0.2, 0) is 10.0 Å². The van der Waals surface area contributed by atoms with Crippen LogP contribution in [-0.4, -0.2) is 15.0 Å². The Labute approximate surface area is 125 Å². The van der Waals surface area contributed by atoms with Gasteiger partial charge in [0.15, 0.2) is 0 Å². The van der Waals surface area contributed by atoms with Crippen molar-refractivity contribution in [1.82, 2.24) is 0 Å². The fourth-order valence-electron chi connectivity index (χ4n) is 1.77. The van der Waals surface area contributed by atoms with E-state index in [1.807, 2.05) is 6.07 Å². The first-order valence-electron chi connectivity index (χ1n) is 6.92. The number of benzene rings is 2. The third-order valence-corrected chi connectivity index (χ3v) is 4.32. The number of ether oxygens (including phenoxy) is 1. The highest BCUT2D eigenvalue weighted by Crippen LogP contribution is 2.19. The first kappa shape index (κ1) is 15.4. The molecule has 0 radical (unpaired) electrons. The van der Waals surface area contributed by atoms with Crippen molar-refractivity contribution in [2.45, 2.75) is 24.7 Å². The summed E-state index contributed by atoms with van der Waals surface area (Å²) < 4.78 is 32.5. The molecule has 0 bridgehead atoms. The van der Waals surface area contributed by atoms with Gasteiger partial charge in [0.05, 0.1) is 11.5 Å². The Bertz CT molecular complexity index is 652. The maximum Gasteiger partial charge on any atom is 0.261 e. The number of hydrogen-bond donors (Lipinski definition) is 1. The number of sulfonamides is 1. The molecule has 0 unspecified atom stereocenters. The second-order valence-electron chi connectivity index (χ2n) is 4.64. The van der Waals surface area contributed by atoms with Gasteiger partial charge in [0.1, 0.15) is 5.75 Å². The van der Waals surface area contributed by atoms with Crippen LogP contribution in [0.1, 0.15) is 19.8 Å². The molecule has 112 valence electrons. The summed E-state index contributed by atoms with van der Waals surface area (Å²) in [6.45, 7) is 2.74. The third kappa shape index (κ3) is 4.49. The summed E-state index contributed by atoms with van der Waals surface area (Å²) in [6, 6.07) is 15.3. The lowest BCUT2D eigenvalue weighted by Gasteiger charge is -2.09. The molecule has 0 saturated carbocycles. The molecule has 2 aromatic rings. The van der Waals surface area contributed by atoms with Crippen LogP contribution in [0.15, 0.2) is 59.5 Å². The van der Waals surface area contributed by atoms with Crippen LogP contribution >= 0.6 is 0 Å². The highest BCUT2D eigenvalue weighted by molar-refractivity contribution is 7.92. The lowest BCUT2D eigenvalue weighted by Crippen LogP contribution is -2.12. The van der Waals surface area contributed by atoms with Gasteiger partial charge in [-0.15, -0.1) is 0 Å². The molecule has 0 aromatic heterocycles. The number of unbranched alkanes of at least 4 members (excludes halogenated alkanes) is 1. The topological polar surface area (TPSA) is 55.4 Å². The quantitative estimate of drug-likeness (QED) is 0.794. The zero-order valence-corrected chi connectivity index (χ0v) is 12.8. The summed E-state index contributed by atoms with van der Waals surface area (Å²) >= 11 is 0. The first-order chi connectivity index (χ1) is 10.1. The van der Waals surface area contributed by atoms with Crippen LogP contribution in [0.5, 0.6) is 5.75 Å². The van der Waals surface area contributed by atoms with Gasteiger partial charge < -0.3 is 4.74 Å². The van der Waals surface area contributed by atoms with E-state index in [4.69, 9.17) is 4.74 Å². The molecule has 0 aliphatic carbocycles. The molecule has 5 heteroatoms. The highest BCUT2D eigenvalue weighted by Gasteiger charge is 2.13. The van der Waals surface area contributed by atoms with Crippen LogP contribution in [0.4, 0.5) is 5.69 Å². The van der Waals surface area contributed by atoms with E-state index >= 15 is 0 Å². The van der Waals surface area contributed by atoms with Crippen molar-refractivity contribution < 1.29 is 13.2 Å². The Morgan fingerprint density at radius 3 is 2.29 bits per heavy atom. The minimum atomic E-state index is -3.56. The zero-order valence-electron chi connectivity index (χ0n) is 12.0. The van der Waals surface area contributed by atoms with Crippen LogP contribution in [0.25, 0.3) is 0 Å². The molecule has 0 fully saturated rings. The van der Waals surface area contributed by atoms with Gasteiger partial charge in [-0.2, -0.15) is 0 Å². The van der Waals surface area contributed by atoms with Gasteiger partial charge in [0, 0.05) is 5.69 Å². The summed E-state index contributed by atoms with van der Waals surface area (Å²) in [6.07, 6.45) is 2.04. The van der Waals surface area contributed by atoms with Gasteiger partial charge in [0.25, 0.3) is 10.0 Å². The lowest BCUT2D eigenvalue weighted by atomic mass is 10.3. The fourth-order valence-corrected chi connectivity index (χ4v) is 2.83. The van der Waals surface area contributed by atoms with Crippen molar-refractivity contribution in [3.8, 4) is 5.75 Å². The summed E-state index contributed by atoms with van der Waals surface area (Å²) in [7, 11) is -3.56. The monoisotopic (exact) mass is 305 g/mol. The predicted octanol–water partition coefficient (Wildman–Crippen LogP) is 3.67. The summed E-state index contributed by atoms with van der Waals surface area (Å²) in [5.74, 6) is 0.683. The van der Waals surface area contributed by atoms with Gasteiger partial charge >= 0.3 is 0 Å². The number of hydrogen-bond acceptors (Lipinski definition) is 3. The standard InChI is InChI=1S/C16H19NO3S/c1-2-3-13-20-15-9-11-16(12-10-15)21(18,19)17-14-7-5-4-6-8-14/h4-12,17H,2-3,13H2,1H3. The molecular weight excluding hydrogens is 286 g/mol. The van der Waals surface area contributed by atoms with E-state index in [9.17, 15) is 8.42 Å². The minimum absolute atomic E-state index is 0.217. The van der Waals surface area contributed by atoms with E-state index < -0.39 is 10.0 Å². The molecule has 2 rings (SSSR count). The lowest BCUT2D eigenvalue weighted by molar-refractivity contribution is 0.309. The normalized spacial score (nSPS) is 11.1. The van der Waals surface area contributed by atoms with Crippen LogP contribution in [0.2, 0.25) is 0 Å². The molecule has 0 aliphatic rings. The van der Waals surface area contributed by atoms with Crippen molar-refractivity contribution in [1.29, 1.82) is 0 Å². The van der Waals surface area contributed by atoms with Gasteiger partial charge in [-0.1, -0.05) is 31.5 Å². The minimum Gasteiger partial charge on any atom is -0.494 e. The molecule has 0 amide bonds. The van der Waals surface area contributed by atoms with Crippen LogP contribution in [0, 0.1) is 0 Å². The summed E-state index contributed by atoms with van der Waals surface area (Å²) in [5.41, 5.74) is 0.542. The fraction of sp³-hybridized carbons (Fsp3) is 0.250. The van der Waals surface area contributed by atoms with Gasteiger partial charge in [-0.25, -0.2) is 8.42 Å². The Kier molecular flexibility index (Phi) is 5.22. The molecule has 0 atom stereocenters. The number of anilines is 1. The second kappa shape index (κ2) is 7.13. The number of nitrogens with one attached hydrogen (secondary N) is 1. The van der Waals surface area contributed by atoms with Crippen LogP contribution in [0.3, 0.4) is 0 Å². The largest absolute Gasteiger partial charge is 0.494 e. The summed E-state index contributed by atoms with van der Waals surface area (Å²) in [5, 5.41) is 0. The van der Waals surface area contributed by atoms with Crippen molar-refractivity contribution >= 4 is 15.7 Å². The van der Waals surface area contributed by atoms with Crippen molar-refractivity contribution in [3.63, 3.8) is 0 Å². The van der Waals surface area contributed by atoms with E-state index in [0.29, 0.717) is 18.0 Å². The molecular formula is C16H19NO3S. The SMILES string of the molecule is CCCCOc1ccc(S(=O)(=O)Nc2ccccc2)cc1. The first-order valence-corrected chi connectivity index (χ1v) is 8.41. The highest BCUT2D eigenvalue weighted by atomic mass is 32.2. The average Bonchev–Trinajstić information content (AvgIpc) is 2.49. The molecule has 1 N–H and O–H groups in total. The summed E-state index contributed by atoms with van der Waals surface area (Å²) in [4.78, 5) is 0.217. The van der Waals surface area contributed by atoms with E-state index in [0.717, 1.165) is 12.8 Å². The van der Waals surface area contributed by atoms with Crippen molar-refractivity contribution in [2.75, 3.05) is 11.3 Å². The van der Waals surface area contributed by atoms with Crippen molar-refractivity contribution in [3.05, 3.63) is 54.6 Å². The molecule has 21 heavy (non-hydrogen) atoms. The van der Waals surface area contributed by atoms with E-state index in [2.05, 4.69) is 11.6 Å². The Balaban J connectivity index is 2.06. The van der Waals surface area contributed by atoms with Crippen LogP contribution < -0.4 is 9.46 Å². The Morgan fingerprint density at radius 1 is 1.00 bits per heavy atom. The van der Waals surface area contributed by atoms with E-state index in [1.54, 1.807) is 48.5 Å².